The first kappa shape index (κ1) is 9.97. The summed E-state index contributed by atoms with van der Waals surface area (Å²) in [5, 5.41) is 8.31. The van der Waals surface area contributed by atoms with Gasteiger partial charge in [-0.15, -0.1) is 0 Å². The molecule has 0 aliphatic carbocycles. The van der Waals surface area contributed by atoms with Gasteiger partial charge in [-0.05, 0) is 0 Å². The molecule has 0 aliphatic heterocycles. The number of carbonyl (C=O) groups is 1. The van der Waals surface area contributed by atoms with Gasteiger partial charge in [0.15, 0.2) is 0 Å². The van der Waals surface area contributed by atoms with Crippen LogP contribution in [-0.4, -0.2) is 21.0 Å². The van der Waals surface area contributed by atoms with Gasteiger partial charge < -0.3 is 10.1 Å². The molecule has 0 saturated heterocycles. The predicted octanol–water partition coefficient (Wildman–Crippen LogP) is -0.449. The third kappa shape index (κ3) is 2.74. The molecule has 0 amide bonds. The van der Waals surface area contributed by atoms with Crippen molar-refractivity contribution in [1.82, 2.24) is 9.97 Å². The molecule has 1 heterocycles. The molecular formula is C8H8N2O4. The zero-order valence-corrected chi connectivity index (χ0v) is 7.11. The van der Waals surface area contributed by atoms with E-state index < -0.39 is 17.2 Å². The minimum Gasteiger partial charge on any atom is -0.481 e. The Hall–Kier alpha value is -2.11. The summed E-state index contributed by atoms with van der Waals surface area (Å²) in [5.41, 5.74) is -0.924. The van der Waals surface area contributed by atoms with Crippen LogP contribution in [0.3, 0.4) is 0 Å². The van der Waals surface area contributed by atoms with Crippen LogP contribution in [0.4, 0.5) is 0 Å². The Balaban J connectivity index is 2.88. The molecule has 14 heavy (non-hydrogen) atoms. The quantitative estimate of drug-likeness (QED) is 0.609. The van der Waals surface area contributed by atoms with E-state index in [1.54, 1.807) is 0 Å². The Bertz CT molecular complexity index is 469. The number of rotatable bonds is 3. The normalized spacial score (nSPS) is 10.6. The summed E-state index contributed by atoms with van der Waals surface area (Å²) in [5.74, 6) is -0.984. The van der Waals surface area contributed by atoms with Crippen molar-refractivity contribution in [3.63, 3.8) is 0 Å². The highest BCUT2D eigenvalue weighted by atomic mass is 16.4. The number of hydrogen-bond acceptors (Lipinski definition) is 3. The van der Waals surface area contributed by atoms with Crippen LogP contribution in [0.2, 0.25) is 0 Å². The van der Waals surface area contributed by atoms with Gasteiger partial charge in [0.1, 0.15) is 0 Å². The molecule has 0 saturated carbocycles. The van der Waals surface area contributed by atoms with E-state index in [1.165, 1.54) is 18.3 Å². The van der Waals surface area contributed by atoms with Crippen LogP contribution >= 0.6 is 0 Å². The molecule has 1 rings (SSSR count). The molecule has 0 aliphatic rings. The number of carboxylic acid groups (broad SMARTS) is 1. The van der Waals surface area contributed by atoms with Crippen molar-refractivity contribution < 1.29 is 9.90 Å². The van der Waals surface area contributed by atoms with Gasteiger partial charge in [-0.3, -0.25) is 14.6 Å². The molecule has 6 nitrogen and oxygen atoms in total. The van der Waals surface area contributed by atoms with E-state index in [-0.39, 0.29) is 12.0 Å². The zero-order chi connectivity index (χ0) is 10.6. The predicted molar refractivity (Wildman–Crippen MR) is 49.0 cm³/mol. The van der Waals surface area contributed by atoms with Crippen LogP contribution in [-0.2, 0) is 4.79 Å². The lowest BCUT2D eigenvalue weighted by Gasteiger charge is -1.89. The summed E-state index contributed by atoms with van der Waals surface area (Å²) in [7, 11) is 0. The second-order valence-electron chi connectivity index (χ2n) is 2.53. The Morgan fingerprint density at radius 2 is 2.21 bits per heavy atom. The maximum Gasteiger partial charge on any atom is 0.325 e. The van der Waals surface area contributed by atoms with Gasteiger partial charge in [-0.2, -0.15) is 0 Å². The second-order valence-corrected chi connectivity index (χ2v) is 2.53. The Morgan fingerprint density at radius 1 is 1.50 bits per heavy atom. The topological polar surface area (TPSA) is 103 Å². The Labute approximate surface area is 77.9 Å². The molecule has 0 bridgehead atoms. The third-order valence-electron chi connectivity index (χ3n) is 1.44. The number of aliphatic carboxylic acids is 1. The van der Waals surface area contributed by atoms with Gasteiger partial charge in [0, 0.05) is 6.20 Å². The fourth-order valence-corrected chi connectivity index (χ4v) is 0.831. The maximum absolute atomic E-state index is 11.0. The number of hydrogen-bond donors (Lipinski definition) is 3. The molecule has 6 heteroatoms. The number of nitrogens with one attached hydrogen (secondary N) is 2. The lowest BCUT2D eigenvalue weighted by atomic mass is 10.3. The molecule has 0 aromatic carbocycles. The Morgan fingerprint density at radius 3 is 2.79 bits per heavy atom. The minimum absolute atomic E-state index is 0.168. The van der Waals surface area contributed by atoms with E-state index >= 15 is 0 Å². The maximum atomic E-state index is 11.0. The third-order valence-corrected chi connectivity index (χ3v) is 1.44. The van der Waals surface area contributed by atoms with Gasteiger partial charge in [0.2, 0.25) is 0 Å². The summed E-state index contributed by atoms with van der Waals surface area (Å²) in [6, 6.07) is 0. The van der Waals surface area contributed by atoms with Crippen molar-refractivity contribution in [2.75, 3.05) is 0 Å². The molecule has 1 aromatic heterocycles. The lowest BCUT2D eigenvalue weighted by molar-refractivity contribution is -0.135. The second kappa shape index (κ2) is 4.22. The van der Waals surface area contributed by atoms with E-state index in [0.717, 1.165) is 0 Å². The summed E-state index contributed by atoms with van der Waals surface area (Å²) >= 11 is 0. The highest BCUT2D eigenvalue weighted by Gasteiger charge is 1.95. The van der Waals surface area contributed by atoms with Crippen molar-refractivity contribution in [3.05, 3.63) is 38.7 Å². The van der Waals surface area contributed by atoms with Crippen LogP contribution in [0.5, 0.6) is 0 Å². The highest BCUT2D eigenvalue weighted by Crippen LogP contribution is 1.91. The average Bonchev–Trinajstić information content (AvgIpc) is 2.08. The fourth-order valence-electron chi connectivity index (χ4n) is 0.831. The minimum atomic E-state index is -0.984. The van der Waals surface area contributed by atoms with Crippen LogP contribution in [0.1, 0.15) is 12.0 Å². The van der Waals surface area contributed by atoms with E-state index in [9.17, 15) is 14.4 Å². The average molecular weight is 196 g/mol. The first-order valence-electron chi connectivity index (χ1n) is 3.80. The summed E-state index contributed by atoms with van der Waals surface area (Å²) in [6.07, 6.45) is 3.71. The van der Waals surface area contributed by atoms with Gasteiger partial charge in [-0.1, -0.05) is 12.2 Å². The fraction of sp³-hybridized carbons (Fsp3) is 0.125. The number of H-pyrrole nitrogens is 2. The Kier molecular flexibility index (Phi) is 3.01. The van der Waals surface area contributed by atoms with E-state index in [2.05, 4.69) is 4.98 Å². The van der Waals surface area contributed by atoms with Crippen LogP contribution < -0.4 is 11.2 Å². The van der Waals surface area contributed by atoms with Crippen molar-refractivity contribution in [3.8, 4) is 0 Å². The largest absolute Gasteiger partial charge is 0.481 e. The molecule has 0 atom stereocenters. The van der Waals surface area contributed by atoms with Crippen LogP contribution in [0.25, 0.3) is 6.08 Å². The van der Waals surface area contributed by atoms with Crippen molar-refractivity contribution >= 4 is 12.0 Å². The van der Waals surface area contributed by atoms with Crippen molar-refractivity contribution in [1.29, 1.82) is 0 Å². The van der Waals surface area contributed by atoms with E-state index in [4.69, 9.17) is 5.11 Å². The van der Waals surface area contributed by atoms with Crippen LogP contribution in [0.15, 0.2) is 21.9 Å². The van der Waals surface area contributed by atoms with Gasteiger partial charge >= 0.3 is 11.7 Å². The van der Waals surface area contributed by atoms with Gasteiger partial charge in [0.05, 0.1) is 12.0 Å². The number of carboxylic acids is 1. The number of aromatic nitrogens is 2. The van der Waals surface area contributed by atoms with E-state index in [0.29, 0.717) is 0 Å². The summed E-state index contributed by atoms with van der Waals surface area (Å²) in [4.78, 5) is 36.1. The molecule has 1 aromatic rings. The molecule has 0 spiro atoms. The highest BCUT2D eigenvalue weighted by molar-refractivity contribution is 5.70. The van der Waals surface area contributed by atoms with Gasteiger partial charge in [0.25, 0.3) is 5.56 Å². The molecule has 74 valence electrons. The monoisotopic (exact) mass is 196 g/mol. The lowest BCUT2D eigenvalue weighted by Crippen LogP contribution is -2.22. The SMILES string of the molecule is O=C(O)CC=Cc1c[nH]c(=O)[nH]c1=O. The van der Waals surface area contributed by atoms with Gasteiger partial charge in [-0.25, -0.2) is 4.79 Å². The smallest absolute Gasteiger partial charge is 0.325 e. The van der Waals surface area contributed by atoms with E-state index in [1.807, 2.05) is 4.98 Å². The van der Waals surface area contributed by atoms with Crippen LogP contribution in [0, 0.1) is 0 Å². The van der Waals surface area contributed by atoms with Crippen molar-refractivity contribution in [2.45, 2.75) is 6.42 Å². The van der Waals surface area contributed by atoms with Crippen molar-refractivity contribution in [2.24, 2.45) is 0 Å². The molecule has 0 fully saturated rings. The standard InChI is InChI=1S/C8H8N2O4/c11-6(12)3-1-2-5-4-9-8(14)10-7(5)13/h1-2,4H,3H2,(H,11,12)(H2,9,10,13,14). The first-order valence-corrected chi connectivity index (χ1v) is 3.80. The molecule has 3 N–H and O–H groups in total. The molecular weight excluding hydrogens is 188 g/mol. The molecule has 0 radical (unpaired) electrons. The summed E-state index contributed by atoms with van der Waals surface area (Å²) < 4.78 is 0. The molecule has 0 unspecified atom stereocenters. The zero-order valence-electron chi connectivity index (χ0n) is 7.11. The summed E-state index contributed by atoms with van der Waals surface area (Å²) in [6.45, 7) is 0. The number of aromatic amines is 2. The first-order chi connectivity index (χ1) is 6.59.